The summed E-state index contributed by atoms with van der Waals surface area (Å²) < 4.78 is 10.7. The Kier molecular flexibility index (Phi) is 11.7. The van der Waals surface area contributed by atoms with E-state index in [1.807, 2.05) is 25.1 Å². The summed E-state index contributed by atoms with van der Waals surface area (Å²) in [5, 5.41) is 10.5. The Balaban J connectivity index is 2.03. The predicted molar refractivity (Wildman–Crippen MR) is 148 cm³/mol. The highest BCUT2D eigenvalue weighted by atomic mass is 32.2. The van der Waals surface area contributed by atoms with Crippen LogP contribution in [0, 0.1) is 5.41 Å². The summed E-state index contributed by atoms with van der Waals surface area (Å²) in [5.74, 6) is 0.850. The van der Waals surface area contributed by atoms with Crippen molar-refractivity contribution in [3.8, 4) is 11.5 Å². The highest BCUT2D eigenvalue weighted by molar-refractivity contribution is 7.99. The first kappa shape index (κ1) is 30.4. The highest BCUT2D eigenvalue weighted by Crippen LogP contribution is 2.34. The van der Waals surface area contributed by atoms with Gasteiger partial charge in [-0.1, -0.05) is 46.6 Å². The molecule has 0 radical (unpaired) electrons. The molecule has 1 N–H and O–H groups in total. The Morgan fingerprint density at radius 2 is 1.73 bits per heavy atom. The largest absolute Gasteiger partial charge is 0.507 e. The van der Waals surface area contributed by atoms with Gasteiger partial charge in [-0.2, -0.15) is 0 Å². The van der Waals surface area contributed by atoms with Gasteiger partial charge in [-0.05, 0) is 56.0 Å². The molecule has 0 aliphatic rings. The fourth-order valence-corrected chi connectivity index (χ4v) is 5.17. The minimum absolute atomic E-state index is 0.0230. The molecule has 7 heteroatoms. The van der Waals surface area contributed by atoms with Crippen molar-refractivity contribution in [2.75, 3.05) is 19.5 Å². The van der Waals surface area contributed by atoms with Crippen molar-refractivity contribution < 1.29 is 29.0 Å². The summed E-state index contributed by atoms with van der Waals surface area (Å²) in [4.78, 5) is 37.8. The molecule has 0 atom stereocenters. The third-order valence-electron chi connectivity index (χ3n) is 6.19. The zero-order chi connectivity index (χ0) is 27.6. The van der Waals surface area contributed by atoms with Gasteiger partial charge < -0.3 is 14.6 Å². The first-order valence-corrected chi connectivity index (χ1v) is 13.9. The fourth-order valence-electron chi connectivity index (χ4n) is 4.18. The third kappa shape index (κ3) is 8.35. The molecule has 0 saturated carbocycles. The number of carbonyl (C=O) groups excluding carboxylic acids is 3. The molecule has 0 amide bonds. The number of phenols is 1. The number of aromatic hydroxyl groups is 1. The molecule has 2 aromatic carbocycles. The number of thioether (sulfide) groups is 1. The van der Waals surface area contributed by atoms with Crippen molar-refractivity contribution in [3.63, 3.8) is 0 Å². The number of rotatable bonds is 15. The second-order valence-corrected chi connectivity index (χ2v) is 11.0. The lowest BCUT2D eigenvalue weighted by molar-refractivity contribution is -0.142. The molecule has 37 heavy (non-hydrogen) atoms. The molecule has 0 bridgehead atoms. The molecule has 0 heterocycles. The Morgan fingerprint density at radius 3 is 2.35 bits per heavy atom. The van der Waals surface area contributed by atoms with Gasteiger partial charge in [-0.25, -0.2) is 0 Å². The van der Waals surface area contributed by atoms with Crippen LogP contribution in [0.2, 0.25) is 0 Å². The normalized spacial score (nSPS) is 11.3. The second kappa shape index (κ2) is 14.2. The maximum atomic E-state index is 13.1. The lowest BCUT2D eigenvalue weighted by Crippen LogP contribution is -2.28. The number of phenolic OH excluding ortho intramolecular Hbond substituents is 1. The molecule has 0 fully saturated rings. The number of Topliss-reactive ketones (excluding diaryl/α,β-unsaturated/α-hetero) is 2. The molecule has 0 unspecified atom stereocenters. The summed E-state index contributed by atoms with van der Waals surface area (Å²) >= 11 is 1.73. The minimum atomic E-state index is -0.837. The Hall–Kier alpha value is -2.80. The monoisotopic (exact) mass is 528 g/mol. The maximum absolute atomic E-state index is 13.1. The van der Waals surface area contributed by atoms with Crippen LogP contribution in [-0.2, 0) is 22.4 Å². The number of hydrogen-bond acceptors (Lipinski definition) is 7. The van der Waals surface area contributed by atoms with Crippen LogP contribution in [0.1, 0.15) is 92.1 Å². The standard InChI is InChI=1S/C30H40O6S/c1-7-10-21-18-22(29(34)30(4,5)19-27(32)35-6)12-15-26(21)37-17-9-16-36-25-14-13-23(20(3)31)28(33)24(25)11-8-2/h12-15,18,33H,7-11,16-17,19H2,1-6H3. The fraction of sp³-hybridized carbons (Fsp3) is 0.500. The van der Waals surface area contributed by atoms with E-state index in [2.05, 4.69) is 6.92 Å². The summed E-state index contributed by atoms with van der Waals surface area (Å²) in [6.07, 6.45) is 4.12. The Bertz CT molecular complexity index is 1110. The van der Waals surface area contributed by atoms with Gasteiger partial charge in [0.05, 0.1) is 25.7 Å². The smallest absolute Gasteiger partial charge is 0.306 e. The third-order valence-corrected chi connectivity index (χ3v) is 7.40. The van der Waals surface area contributed by atoms with Crippen LogP contribution in [0.4, 0.5) is 0 Å². The van der Waals surface area contributed by atoms with Crippen LogP contribution in [0.25, 0.3) is 0 Å². The van der Waals surface area contributed by atoms with Crippen molar-refractivity contribution >= 4 is 29.3 Å². The molecule has 202 valence electrons. The molecule has 0 aliphatic carbocycles. The molecule has 2 rings (SSSR count). The van der Waals surface area contributed by atoms with E-state index >= 15 is 0 Å². The number of methoxy groups -OCH3 is 1. The van der Waals surface area contributed by atoms with Gasteiger partial charge in [0, 0.05) is 27.2 Å². The quantitative estimate of drug-likeness (QED) is 0.117. The predicted octanol–water partition coefficient (Wildman–Crippen LogP) is 6.83. The first-order chi connectivity index (χ1) is 17.5. The molecule has 0 saturated heterocycles. The molecule has 2 aromatic rings. The van der Waals surface area contributed by atoms with Gasteiger partial charge in [-0.3, -0.25) is 14.4 Å². The summed E-state index contributed by atoms with van der Waals surface area (Å²) in [6.45, 7) is 9.61. The lowest BCUT2D eigenvalue weighted by atomic mass is 9.81. The number of hydrogen-bond donors (Lipinski definition) is 1. The van der Waals surface area contributed by atoms with Crippen LogP contribution in [-0.4, -0.2) is 42.1 Å². The minimum Gasteiger partial charge on any atom is -0.507 e. The summed E-state index contributed by atoms with van der Waals surface area (Å²) in [6, 6.07) is 9.18. The van der Waals surface area contributed by atoms with Crippen LogP contribution in [0.5, 0.6) is 11.5 Å². The van der Waals surface area contributed by atoms with Gasteiger partial charge >= 0.3 is 5.97 Å². The van der Waals surface area contributed by atoms with Gasteiger partial charge in [0.15, 0.2) is 11.6 Å². The number of carbonyl (C=O) groups is 3. The van der Waals surface area contributed by atoms with E-state index in [0.29, 0.717) is 35.5 Å². The van der Waals surface area contributed by atoms with Gasteiger partial charge in [-0.15, -0.1) is 11.8 Å². The first-order valence-electron chi connectivity index (χ1n) is 12.9. The van der Waals surface area contributed by atoms with E-state index in [1.165, 1.54) is 14.0 Å². The lowest BCUT2D eigenvalue weighted by Gasteiger charge is -2.22. The Labute approximate surface area is 225 Å². The second-order valence-electron chi connectivity index (χ2n) is 9.83. The highest BCUT2D eigenvalue weighted by Gasteiger charge is 2.32. The number of aryl methyl sites for hydroxylation is 1. The molecule has 0 aliphatic heterocycles. The van der Waals surface area contributed by atoms with Crippen LogP contribution >= 0.6 is 11.8 Å². The summed E-state index contributed by atoms with van der Waals surface area (Å²) in [7, 11) is 1.33. The SMILES string of the molecule is CCCc1cc(C(=O)C(C)(C)CC(=O)OC)ccc1SCCCOc1ccc(C(C)=O)c(O)c1CCC. The zero-order valence-corrected chi connectivity index (χ0v) is 23.8. The van der Waals surface area contributed by atoms with E-state index in [0.717, 1.165) is 41.9 Å². The van der Waals surface area contributed by atoms with Crippen molar-refractivity contribution in [1.29, 1.82) is 0 Å². The van der Waals surface area contributed by atoms with Gasteiger partial charge in [0.25, 0.3) is 0 Å². The number of esters is 1. The van der Waals surface area contributed by atoms with Crippen molar-refractivity contribution in [1.82, 2.24) is 0 Å². The topological polar surface area (TPSA) is 89.9 Å². The molecule has 0 aromatic heterocycles. The van der Waals surface area contributed by atoms with E-state index < -0.39 is 11.4 Å². The number of benzene rings is 2. The van der Waals surface area contributed by atoms with E-state index in [1.54, 1.807) is 37.7 Å². The molecular formula is C30H40O6S. The van der Waals surface area contributed by atoms with Gasteiger partial charge in [0.1, 0.15) is 11.5 Å². The maximum Gasteiger partial charge on any atom is 0.306 e. The van der Waals surface area contributed by atoms with Crippen LogP contribution in [0.3, 0.4) is 0 Å². The molecular weight excluding hydrogens is 488 g/mol. The zero-order valence-electron chi connectivity index (χ0n) is 22.9. The average molecular weight is 529 g/mol. The Morgan fingerprint density at radius 1 is 1.03 bits per heavy atom. The molecule has 0 spiro atoms. The van der Waals surface area contributed by atoms with Crippen LogP contribution in [0.15, 0.2) is 35.2 Å². The number of ether oxygens (including phenoxy) is 2. The number of ketones is 2. The van der Waals surface area contributed by atoms with Crippen molar-refractivity contribution in [2.24, 2.45) is 5.41 Å². The van der Waals surface area contributed by atoms with E-state index in [-0.39, 0.29) is 23.7 Å². The molecule has 6 nitrogen and oxygen atoms in total. The van der Waals surface area contributed by atoms with E-state index in [4.69, 9.17) is 9.47 Å². The van der Waals surface area contributed by atoms with Gasteiger partial charge in [0.2, 0.25) is 0 Å². The van der Waals surface area contributed by atoms with Crippen LogP contribution < -0.4 is 4.74 Å². The average Bonchev–Trinajstić information content (AvgIpc) is 2.85. The van der Waals surface area contributed by atoms with E-state index in [9.17, 15) is 19.5 Å². The van der Waals surface area contributed by atoms with Crippen molar-refractivity contribution in [3.05, 3.63) is 52.6 Å². The van der Waals surface area contributed by atoms with Crippen molar-refractivity contribution in [2.45, 2.75) is 78.0 Å². The summed E-state index contributed by atoms with van der Waals surface area (Å²) in [5.41, 5.74) is 1.91.